The van der Waals surface area contributed by atoms with Crippen molar-refractivity contribution >= 4 is 5.71 Å². The second kappa shape index (κ2) is 5.54. The van der Waals surface area contributed by atoms with Crippen LogP contribution in [0.2, 0.25) is 0 Å². The maximum Gasteiger partial charge on any atom is 0.144 e. The first-order chi connectivity index (χ1) is 9.93. The first kappa shape index (κ1) is 15.3. The van der Waals surface area contributed by atoms with E-state index in [9.17, 15) is 5.11 Å². The van der Waals surface area contributed by atoms with Gasteiger partial charge in [-0.15, -0.1) is 0 Å². The summed E-state index contributed by atoms with van der Waals surface area (Å²) >= 11 is 0. The van der Waals surface area contributed by atoms with Gasteiger partial charge in [-0.1, -0.05) is 25.9 Å². The first-order valence-corrected chi connectivity index (χ1v) is 8.53. The lowest BCUT2D eigenvalue weighted by Gasteiger charge is -2.34. The summed E-state index contributed by atoms with van der Waals surface area (Å²) in [7, 11) is 0. The van der Waals surface area contributed by atoms with Gasteiger partial charge in [0.25, 0.3) is 0 Å². The number of hydrogen-bond acceptors (Lipinski definition) is 4. The van der Waals surface area contributed by atoms with Crippen LogP contribution in [0.1, 0.15) is 52.9 Å². The lowest BCUT2D eigenvalue weighted by Crippen LogP contribution is -2.34. The van der Waals surface area contributed by atoms with Crippen LogP contribution in [0.5, 0.6) is 0 Å². The van der Waals surface area contributed by atoms with E-state index in [0.29, 0.717) is 12.0 Å². The van der Waals surface area contributed by atoms with Crippen molar-refractivity contribution in [1.82, 2.24) is 4.90 Å². The van der Waals surface area contributed by atoms with Crippen molar-refractivity contribution < 1.29 is 9.94 Å². The molecule has 0 amide bonds. The number of nitrogens with zero attached hydrogens (tertiary/aromatic N) is 2. The van der Waals surface area contributed by atoms with Gasteiger partial charge in [-0.2, -0.15) is 0 Å². The summed E-state index contributed by atoms with van der Waals surface area (Å²) in [6, 6.07) is 0. The first-order valence-electron chi connectivity index (χ1n) is 8.53. The molecule has 4 heteroatoms. The topological polar surface area (TPSA) is 45.1 Å². The van der Waals surface area contributed by atoms with Crippen molar-refractivity contribution in [3.8, 4) is 0 Å². The number of aliphatic hydroxyl groups excluding tert-OH is 1. The van der Waals surface area contributed by atoms with Crippen molar-refractivity contribution in [3.63, 3.8) is 0 Å². The highest BCUT2D eigenvalue weighted by atomic mass is 16.6. The van der Waals surface area contributed by atoms with Crippen molar-refractivity contribution in [1.29, 1.82) is 0 Å². The summed E-state index contributed by atoms with van der Waals surface area (Å²) in [4.78, 5) is 7.82. The number of aliphatic hydroxyl groups is 1. The Morgan fingerprint density at radius 1 is 1.33 bits per heavy atom. The van der Waals surface area contributed by atoms with E-state index in [2.05, 4.69) is 30.8 Å². The zero-order chi connectivity index (χ0) is 15.1. The average molecular weight is 294 g/mol. The third kappa shape index (κ3) is 2.61. The van der Waals surface area contributed by atoms with Gasteiger partial charge < -0.3 is 14.8 Å². The van der Waals surface area contributed by atoms with Crippen LogP contribution < -0.4 is 0 Å². The van der Waals surface area contributed by atoms with Gasteiger partial charge in [0.1, 0.15) is 12.7 Å². The van der Waals surface area contributed by atoms with Gasteiger partial charge in [0.2, 0.25) is 0 Å². The second-order valence-electron chi connectivity index (χ2n) is 7.99. The molecule has 0 aromatic heterocycles. The van der Waals surface area contributed by atoms with E-state index in [1.165, 1.54) is 31.4 Å². The minimum atomic E-state index is -0.424. The van der Waals surface area contributed by atoms with E-state index in [4.69, 9.17) is 4.84 Å². The van der Waals surface area contributed by atoms with Crippen molar-refractivity contribution in [2.45, 2.75) is 59.0 Å². The minimum Gasteiger partial charge on any atom is -0.393 e. The van der Waals surface area contributed by atoms with Gasteiger partial charge in [0.15, 0.2) is 0 Å². The molecular formula is C17H30N2O2. The fourth-order valence-corrected chi connectivity index (χ4v) is 4.58. The maximum atomic E-state index is 10.0. The summed E-state index contributed by atoms with van der Waals surface area (Å²) in [6.45, 7) is 10.3. The van der Waals surface area contributed by atoms with Crippen LogP contribution in [-0.4, -0.2) is 48.1 Å². The van der Waals surface area contributed by atoms with Crippen LogP contribution in [0, 0.1) is 16.7 Å². The second-order valence-corrected chi connectivity index (χ2v) is 7.99. The molecule has 1 N–H and O–H groups in total. The number of rotatable bonds is 5. The summed E-state index contributed by atoms with van der Waals surface area (Å²) < 4.78 is 0. The normalized spacial score (nSPS) is 38.3. The summed E-state index contributed by atoms with van der Waals surface area (Å²) in [5.74, 6) is 0.749. The summed E-state index contributed by atoms with van der Waals surface area (Å²) in [5.41, 5.74) is 1.75. The van der Waals surface area contributed by atoms with E-state index in [1.54, 1.807) is 0 Å². The maximum absolute atomic E-state index is 10.0. The third-order valence-electron chi connectivity index (χ3n) is 6.62. The van der Waals surface area contributed by atoms with Crippen LogP contribution in [0.25, 0.3) is 0 Å². The molecule has 3 rings (SSSR count). The van der Waals surface area contributed by atoms with E-state index < -0.39 is 6.10 Å². The summed E-state index contributed by atoms with van der Waals surface area (Å²) in [6.07, 6.45) is 5.71. The lowest BCUT2D eigenvalue weighted by molar-refractivity contribution is 0.0214. The standard InChI is InChI=1S/C17H30N2O2/c1-16(2)13-6-7-17(16,3)15(10-13)18-21-12-14(20)11-19-8-4-5-9-19/h13-14,20H,4-12H2,1-3H3/b18-15+/t13-,14?,17+/m0/s1. The Bertz CT molecular complexity index is 415. The SMILES string of the molecule is CC1(C)[C@H]2CC[C@]1(C)/C(=N/OCC(O)CN1CCCC1)C2. The average Bonchev–Trinajstić information content (AvgIpc) is 3.04. The molecule has 1 unspecified atom stereocenters. The molecule has 2 aliphatic carbocycles. The molecule has 21 heavy (non-hydrogen) atoms. The van der Waals surface area contributed by atoms with Crippen molar-refractivity contribution in [2.24, 2.45) is 21.9 Å². The lowest BCUT2D eigenvalue weighted by atomic mass is 9.70. The molecule has 0 aromatic carbocycles. The Kier molecular flexibility index (Phi) is 4.04. The molecule has 2 bridgehead atoms. The fraction of sp³-hybridized carbons (Fsp3) is 0.941. The van der Waals surface area contributed by atoms with Gasteiger partial charge in [0, 0.05) is 12.0 Å². The van der Waals surface area contributed by atoms with Crippen LogP contribution in [0.15, 0.2) is 5.16 Å². The third-order valence-corrected chi connectivity index (χ3v) is 6.62. The number of β-amino-alcohol motifs (C(OH)–C–C–N with tert-alkyl or cyclic N) is 1. The van der Waals surface area contributed by atoms with E-state index in [-0.39, 0.29) is 5.41 Å². The van der Waals surface area contributed by atoms with Crippen LogP contribution >= 0.6 is 0 Å². The van der Waals surface area contributed by atoms with E-state index in [1.807, 2.05) is 0 Å². The number of fused-ring (bicyclic) bond motifs is 2. The highest BCUT2D eigenvalue weighted by Gasteiger charge is 2.60. The zero-order valence-corrected chi connectivity index (χ0v) is 13.8. The van der Waals surface area contributed by atoms with Gasteiger partial charge in [-0.05, 0) is 56.5 Å². The Hall–Kier alpha value is -0.610. The number of hydrogen-bond donors (Lipinski definition) is 1. The van der Waals surface area contributed by atoms with Crippen molar-refractivity contribution in [3.05, 3.63) is 0 Å². The Balaban J connectivity index is 1.51. The number of oxime groups is 1. The number of likely N-dealkylation sites (tertiary alicyclic amines) is 1. The molecule has 0 spiro atoms. The largest absolute Gasteiger partial charge is 0.393 e. The Morgan fingerprint density at radius 3 is 2.62 bits per heavy atom. The smallest absolute Gasteiger partial charge is 0.144 e. The molecule has 2 saturated carbocycles. The minimum absolute atomic E-state index is 0.192. The predicted octanol–water partition coefficient (Wildman–Crippen LogP) is 2.66. The van der Waals surface area contributed by atoms with Gasteiger partial charge >= 0.3 is 0 Å². The molecule has 1 saturated heterocycles. The van der Waals surface area contributed by atoms with E-state index in [0.717, 1.165) is 32.0 Å². The molecule has 1 aliphatic heterocycles. The highest BCUT2D eigenvalue weighted by Crippen LogP contribution is 2.63. The summed E-state index contributed by atoms with van der Waals surface area (Å²) in [5, 5.41) is 14.5. The highest BCUT2D eigenvalue weighted by molar-refractivity contribution is 5.93. The molecule has 120 valence electrons. The van der Waals surface area contributed by atoms with Gasteiger partial charge in [0.05, 0.1) is 5.71 Å². The van der Waals surface area contributed by atoms with Crippen molar-refractivity contribution in [2.75, 3.05) is 26.2 Å². The predicted molar refractivity (Wildman–Crippen MR) is 84.3 cm³/mol. The molecular weight excluding hydrogens is 264 g/mol. The molecule has 3 aliphatic rings. The molecule has 1 heterocycles. The quantitative estimate of drug-likeness (QED) is 0.793. The molecule has 3 fully saturated rings. The monoisotopic (exact) mass is 294 g/mol. The van der Waals surface area contributed by atoms with Gasteiger partial charge in [-0.3, -0.25) is 0 Å². The molecule has 0 aromatic rings. The van der Waals surface area contributed by atoms with Crippen LogP contribution in [0.3, 0.4) is 0 Å². The van der Waals surface area contributed by atoms with E-state index >= 15 is 0 Å². The Labute approximate surface area is 128 Å². The Morgan fingerprint density at radius 2 is 2.05 bits per heavy atom. The van der Waals surface area contributed by atoms with Crippen LogP contribution in [-0.2, 0) is 4.84 Å². The molecule has 3 atom stereocenters. The molecule has 4 nitrogen and oxygen atoms in total. The van der Waals surface area contributed by atoms with Crippen LogP contribution in [0.4, 0.5) is 0 Å². The van der Waals surface area contributed by atoms with Gasteiger partial charge in [-0.25, -0.2) is 0 Å². The fourth-order valence-electron chi connectivity index (χ4n) is 4.58. The zero-order valence-electron chi connectivity index (χ0n) is 13.8. The molecule has 0 radical (unpaired) electrons.